The topological polar surface area (TPSA) is 83.6 Å². The first kappa shape index (κ1) is 17.6. The summed E-state index contributed by atoms with van der Waals surface area (Å²) in [6, 6.07) is 13.0. The van der Waals surface area contributed by atoms with Gasteiger partial charge in [0.2, 0.25) is 15.9 Å². The number of anilines is 2. The molecular weight excluding hydrogens is 408 g/mol. The molecule has 130 valence electrons. The van der Waals surface area contributed by atoms with Crippen LogP contribution in [0.2, 0.25) is 0 Å². The van der Waals surface area contributed by atoms with E-state index >= 15 is 0 Å². The molecule has 25 heavy (non-hydrogen) atoms. The third-order valence-corrected chi connectivity index (χ3v) is 6.22. The summed E-state index contributed by atoms with van der Waals surface area (Å²) in [6.07, 6.45) is 0. The molecule has 3 rings (SSSR count). The second-order valence-electron chi connectivity index (χ2n) is 5.79. The molecule has 1 aliphatic rings. The van der Waals surface area contributed by atoms with Crippen molar-refractivity contribution in [3.8, 4) is 0 Å². The van der Waals surface area contributed by atoms with Gasteiger partial charge in [0.15, 0.2) is 0 Å². The standard InChI is InChI=1S/C17H15BrN2O4S/c1-11-10-25(23,24)20(17(11)22)15-8-2-12(3-9-15)16(21)19-14-6-4-13(18)5-7-14/h2-9,11H,10H2,1H3,(H,19,21)/t11-/m0/s1. The Balaban J connectivity index is 1.79. The van der Waals surface area contributed by atoms with Crippen LogP contribution in [0.15, 0.2) is 53.0 Å². The highest BCUT2D eigenvalue weighted by Crippen LogP contribution is 2.28. The van der Waals surface area contributed by atoms with Gasteiger partial charge in [0.1, 0.15) is 0 Å². The molecule has 0 aromatic heterocycles. The SMILES string of the molecule is C[C@H]1CS(=O)(=O)N(c2ccc(C(=O)Nc3ccc(Br)cc3)cc2)C1=O. The van der Waals surface area contributed by atoms with Crippen molar-refractivity contribution in [3.63, 3.8) is 0 Å². The van der Waals surface area contributed by atoms with Crippen molar-refractivity contribution in [3.05, 3.63) is 58.6 Å². The van der Waals surface area contributed by atoms with Gasteiger partial charge in [-0.05, 0) is 48.5 Å². The molecule has 8 heteroatoms. The molecule has 0 saturated carbocycles. The molecular formula is C17H15BrN2O4S. The number of halogens is 1. The second-order valence-corrected chi connectivity index (χ2v) is 8.57. The van der Waals surface area contributed by atoms with Crippen LogP contribution in [0.3, 0.4) is 0 Å². The van der Waals surface area contributed by atoms with E-state index in [0.29, 0.717) is 11.3 Å². The molecule has 1 aliphatic heterocycles. The molecule has 0 aliphatic carbocycles. The minimum Gasteiger partial charge on any atom is -0.322 e. The lowest BCUT2D eigenvalue weighted by Crippen LogP contribution is -2.30. The number of hydrogen-bond donors (Lipinski definition) is 1. The average molecular weight is 423 g/mol. The van der Waals surface area contributed by atoms with Crippen LogP contribution in [0.25, 0.3) is 0 Å². The first-order chi connectivity index (χ1) is 11.8. The summed E-state index contributed by atoms with van der Waals surface area (Å²) >= 11 is 3.32. The molecule has 2 amide bonds. The minimum absolute atomic E-state index is 0.197. The van der Waals surface area contributed by atoms with Crippen LogP contribution in [0.4, 0.5) is 11.4 Å². The molecule has 0 bridgehead atoms. The van der Waals surface area contributed by atoms with Crippen molar-refractivity contribution in [1.82, 2.24) is 0 Å². The summed E-state index contributed by atoms with van der Waals surface area (Å²) in [4.78, 5) is 24.3. The van der Waals surface area contributed by atoms with Crippen LogP contribution < -0.4 is 9.62 Å². The van der Waals surface area contributed by atoms with Gasteiger partial charge >= 0.3 is 0 Å². The van der Waals surface area contributed by atoms with Crippen molar-refractivity contribution < 1.29 is 18.0 Å². The Morgan fingerprint density at radius 1 is 1.12 bits per heavy atom. The fourth-order valence-electron chi connectivity index (χ4n) is 2.57. The maximum atomic E-state index is 12.3. The van der Waals surface area contributed by atoms with Gasteiger partial charge in [-0.25, -0.2) is 12.7 Å². The first-order valence-corrected chi connectivity index (χ1v) is 9.92. The number of hydrogen-bond acceptors (Lipinski definition) is 4. The Bertz CT molecular complexity index is 924. The molecule has 2 aromatic carbocycles. The maximum Gasteiger partial charge on any atom is 0.255 e. The Labute approximate surface area is 154 Å². The molecule has 2 aromatic rings. The molecule has 1 heterocycles. The van der Waals surface area contributed by atoms with Gasteiger partial charge in [0.05, 0.1) is 17.4 Å². The molecule has 1 saturated heterocycles. The van der Waals surface area contributed by atoms with Gasteiger partial charge in [0.25, 0.3) is 5.91 Å². The number of rotatable bonds is 3. The monoisotopic (exact) mass is 422 g/mol. The minimum atomic E-state index is -3.65. The molecule has 0 radical (unpaired) electrons. The molecule has 1 atom stereocenters. The lowest BCUT2D eigenvalue weighted by molar-refractivity contribution is -0.119. The van der Waals surface area contributed by atoms with E-state index in [1.807, 2.05) is 12.1 Å². The highest BCUT2D eigenvalue weighted by Gasteiger charge is 2.41. The van der Waals surface area contributed by atoms with Gasteiger partial charge in [-0.1, -0.05) is 22.9 Å². The molecule has 1 N–H and O–H groups in total. The summed E-state index contributed by atoms with van der Waals surface area (Å²) in [5.41, 5.74) is 1.25. The van der Waals surface area contributed by atoms with E-state index in [4.69, 9.17) is 0 Å². The van der Waals surface area contributed by atoms with E-state index in [2.05, 4.69) is 21.2 Å². The molecule has 6 nitrogen and oxygen atoms in total. The number of sulfonamides is 1. The largest absolute Gasteiger partial charge is 0.322 e. The van der Waals surface area contributed by atoms with E-state index in [0.717, 1.165) is 8.78 Å². The summed E-state index contributed by atoms with van der Waals surface area (Å²) in [5, 5.41) is 2.75. The normalized spacial score (nSPS) is 19.0. The zero-order valence-corrected chi connectivity index (χ0v) is 15.7. The second kappa shape index (κ2) is 6.61. The number of benzene rings is 2. The number of nitrogens with one attached hydrogen (secondary N) is 1. The smallest absolute Gasteiger partial charge is 0.255 e. The van der Waals surface area contributed by atoms with E-state index < -0.39 is 21.8 Å². The van der Waals surface area contributed by atoms with Crippen LogP contribution in [-0.2, 0) is 14.8 Å². The van der Waals surface area contributed by atoms with Crippen molar-refractivity contribution in [2.24, 2.45) is 5.92 Å². The fourth-order valence-corrected chi connectivity index (χ4v) is 4.66. The highest BCUT2D eigenvalue weighted by atomic mass is 79.9. The molecule has 1 fully saturated rings. The van der Waals surface area contributed by atoms with Gasteiger partial charge in [-0.2, -0.15) is 0 Å². The Morgan fingerprint density at radius 2 is 1.72 bits per heavy atom. The fraction of sp³-hybridized carbons (Fsp3) is 0.176. The third-order valence-electron chi connectivity index (χ3n) is 3.83. The predicted molar refractivity (Wildman–Crippen MR) is 99.0 cm³/mol. The van der Waals surface area contributed by atoms with Crippen molar-refractivity contribution in [1.29, 1.82) is 0 Å². The van der Waals surface area contributed by atoms with Gasteiger partial charge in [-0.3, -0.25) is 9.59 Å². The maximum absolute atomic E-state index is 12.3. The first-order valence-electron chi connectivity index (χ1n) is 7.52. The Morgan fingerprint density at radius 3 is 2.24 bits per heavy atom. The summed E-state index contributed by atoms with van der Waals surface area (Å²) in [5.74, 6) is -1.53. The van der Waals surface area contributed by atoms with Crippen LogP contribution in [0, 0.1) is 5.92 Å². The molecule has 0 unspecified atom stereocenters. The summed E-state index contributed by atoms with van der Waals surface area (Å²) in [7, 11) is -3.65. The number of nitrogens with zero attached hydrogens (tertiary/aromatic N) is 1. The number of carbonyl (C=O) groups excluding carboxylic acids is 2. The quantitative estimate of drug-likeness (QED) is 0.823. The van der Waals surface area contributed by atoms with Gasteiger partial charge in [0, 0.05) is 15.7 Å². The third kappa shape index (κ3) is 3.59. The van der Waals surface area contributed by atoms with Crippen molar-refractivity contribution >= 4 is 49.1 Å². The van der Waals surface area contributed by atoms with Crippen LogP contribution in [-0.4, -0.2) is 26.0 Å². The number of amides is 2. The van der Waals surface area contributed by atoms with Crippen LogP contribution in [0.5, 0.6) is 0 Å². The Kier molecular flexibility index (Phi) is 4.66. The van der Waals surface area contributed by atoms with E-state index in [1.54, 1.807) is 19.1 Å². The lowest BCUT2D eigenvalue weighted by Gasteiger charge is -2.15. The average Bonchev–Trinajstić information content (AvgIpc) is 2.77. The van der Waals surface area contributed by atoms with Gasteiger partial charge in [-0.15, -0.1) is 0 Å². The van der Waals surface area contributed by atoms with E-state index in [-0.39, 0.29) is 17.3 Å². The van der Waals surface area contributed by atoms with Crippen molar-refractivity contribution in [2.75, 3.05) is 15.4 Å². The van der Waals surface area contributed by atoms with Crippen molar-refractivity contribution in [2.45, 2.75) is 6.92 Å². The lowest BCUT2D eigenvalue weighted by atomic mass is 10.1. The summed E-state index contributed by atoms with van der Waals surface area (Å²) in [6.45, 7) is 1.58. The van der Waals surface area contributed by atoms with Crippen LogP contribution in [0.1, 0.15) is 17.3 Å². The highest BCUT2D eigenvalue weighted by molar-refractivity contribution is 9.10. The zero-order valence-electron chi connectivity index (χ0n) is 13.3. The Hall–Kier alpha value is -2.19. The predicted octanol–water partition coefficient (Wildman–Crippen LogP) is 3.01. The van der Waals surface area contributed by atoms with Crippen LogP contribution >= 0.6 is 15.9 Å². The number of carbonyl (C=O) groups is 2. The van der Waals surface area contributed by atoms with Gasteiger partial charge < -0.3 is 5.32 Å². The van der Waals surface area contributed by atoms with E-state index in [9.17, 15) is 18.0 Å². The zero-order chi connectivity index (χ0) is 18.2. The summed E-state index contributed by atoms with van der Waals surface area (Å²) < 4.78 is 25.9. The molecule has 0 spiro atoms. The van der Waals surface area contributed by atoms with E-state index in [1.165, 1.54) is 24.3 Å².